The summed E-state index contributed by atoms with van der Waals surface area (Å²) in [6.45, 7) is 0.921. The Morgan fingerprint density at radius 1 is 1.15 bits per heavy atom. The van der Waals surface area contributed by atoms with Gasteiger partial charge in [-0.1, -0.05) is 0 Å². The van der Waals surface area contributed by atoms with E-state index in [4.69, 9.17) is 5.21 Å². The number of nitrogens with one attached hydrogen (secondary N) is 5. The van der Waals surface area contributed by atoms with E-state index in [1.807, 2.05) is 0 Å². The van der Waals surface area contributed by atoms with Crippen molar-refractivity contribution in [3.05, 3.63) is 30.6 Å². The minimum Gasteiger partial charge on any atom is -0.508 e. The molecule has 0 bridgehead atoms. The van der Waals surface area contributed by atoms with Crippen LogP contribution in [0.1, 0.15) is 6.42 Å². The number of hydroxylamine groups is 1. The van der Waals surface area contributed by atoms with Crippen LogP contribution in [0.5, 0.6) is 5.75 Å². The molecular formula is C15H18N8O3. The van der Waals surface area contributed by atoms with Crippen LogP contribution in [-0.4, -0.2) is 49.4 Å². The molecule has 0 fully saturated rings. The highest BCUT2D eigenvalue weighted by molar-refractivity contribution is 5.84. The Bertz CT molecular complexity index is 880. The van der Waals surface area contributed by atoms with Crippen LogP contribution < -0.4 is 21.4 Å². The van der Waals surface area contributed by atoms with Gasteiger partial charge in [-0.2, -0.15) is 9.97 Å². The Balaban J connectivity index is 1.67. The maximum absolute atomic E-state index is 10.9. The van der Waals surface area contributed by atoms with Crippen LogP contribution in [0.2, 0.25) is 0 Å². The number of aromatic amines is 1. The molecule has 7 N–H and O–H groups in total. The largest absolute Gasteiger partial charge is 0.508 e. The monoisotopic (exact) mass is 358 g/mol. The summed E-state index contributed by atoms with van der Waals surface area (Å²) in [5, 5.41) is 26.4. The molecule has 3 aromatic rings. The van der Waals surface area contributed by atoms with Crippen molar-refractivity contribution in [2.45, 2.75) is 6.42 Å². The van der Waals surface area contributed by atoms with Crippen molar-refractivity contribution in [2.24, 2.45) is 0 Å². The molecule has 136 valence electrons. The number of aromatic hydroxyl groups is 1. The fraction of sp³-hybridized carbons (Fsp3) is 0.200. The average molecular weight is 358 g/mol. The molecule has 2 heterocycles. The van der Waals surface area contributed by atoms with Gasteiger partial charge in [-0.05, 0) is 30.7 Å². The standard InChI is InChI=1S/C15H18N8O3/c24-10-4-2-9(3-5-10)20-14-21-12(11-13(22-14)19-8-18-11)16-6-1-7-17-15(25)23-26/h2-5,8,24,26H,1,6-7H2,(H2,17,23,25)(H3,16,18,19,20,21,22). The Morgan fingerprint density at radius 3 is 2.73 bits per heavy atom. The van der Waals surface area contributed by atoms with E-state index in [1.54, 1.807) is 24.3 Å². The van der Waals surface area contributed by atoms with E-state index >= 15 is 0 Å². The van der Waals surface area contributed by atoms with Gasteiger partial charge in [0.1, 0.15) is 11.3 Å². The third kappa shape index (κ3) is 4.27. The summed E-state index contributed by atoms with van der Waals surface area (Å²) in [6.07, 6.45) is 2.15. The highest BCUT2D eigenvalue weighted by Gasteiger charge is 2.10. The number of anilines is 3. The van der Waals surface area contributed by atoms with Gasteiger partial charge in [0.25, 0.3) is 0 Å². The molecule has 11 nitrogen and oxygen atoms in total. The number of nitrogens with zero attached hydrogens (tertiary/aromatic N) is 3. The number of carbonyl (C=O) groups is 1. The molecule has 26 heavy (non-hydrogen) atoms. The number of aromatic nitrogens is 4. The second kappa shape index (κ2) is 7.98. The summed E-state index contributed by atoms with van der Waals surface area (Å²) in [4.78, 5) is 26.8. The Kier molecular flexibility index (Phi) is 5.29. The lowest BCUT2D eigenvalue weighted by atomic mass is 10.3. The van der Waals surface area contributed by atoms with Crippen molar-refractivity contribution in [3.8, 4) is 5.75 Å². The van der Waals surface area contributed by atoms with Crippen molar-refractivity contribution >= 4 is 34.6 Å². The van der Waals surface area contributed by atoms with Crippen molar-refractivity contribution in [3.63, 3.8) is 0 Å². The predicted molar refractivity (Wildman–Crippen MR) is 94.5 cm³/mol. The summed E-state index contributed by atoms with van der Waals surface area (Å²) >= 11 is 0. The van der Waals surface area contributed by atoms with E-state index in [0.717, 1.165) is 5.69 Å². The van der Waals surface area contributed by atoms with Gasteiger partial charge in [-0.3, -0.25) is 5.21 Å². The second-order valence-corrected chi connectivity index (χ2v) is 5.32. The van der Waals surface area contributed by atoms with Crippen LogP contribution in [0.4, 0.5) is 22.2 Å². The number of H-pyrrole nitrogens is 1. The summed E-state index contributed by atoms with van der Waals surface area (Å²) in [5.41, 5.74) is 3.40. The smallest absolute Gasteiger partial charge is 0.338 e. The van der Waals surface area contributed by atoms with Gasteiger partial charge < -0.3 is 26.0 Å². The van der Waals surface area contributed by atoms with E-state index in [1.165, 1.54) is 11.8 Å². The van der Waals surface area contributed by atoms with E-state index in [2.05, 4.69) is 35.9 Å². The first-order valence-electron chi connectivity index (χ1n) is 7.84. The first kappa shape index (κ1) is 17.2. The minimum absolute atomic E-state index is 0.171. The summed E-state index contributed by atoms with van der Waals surface area (Å²) in [6, 6.07) is 5.88. The number of phenolic OH excluding ortho intramolecular Hbond substituents is 1. The molecule has 0 aliphatic rings. The number of hydrogen-bond acceptors (Lipinski definition) is 8. The first-order valence-corrected chi connectivity index (χ1v) is 7.84. The van der Waals surface area contributed by atoms with Crippen molar-refractivity contribution < 1.29 is 15.1 Å². The number of amides is 2. The van der Waals surface area contributed by atoms with Gasteiger partial charge in [0, 0.05) is 18.8 Å². The fourth-order valence-corrected chi connectivity index (χ4v) is 2.23. The van der Waals surface area contributed by atoms with E-state index < -0.39 is 6.03 Å². The van der Waals surface area contributed by atoms with Crippen LogP contribution >= 0.6 is 0 Å². The van der Waals surface area contributed by atoms with Crippen LogP contribution in [0, 0.1) is 0 Å². The number of benzene rings is 1. The molecule has 0 saturated heterocycles. The maximum Gasteiger partial charge on any atom is 0.338 e. The molecule has 0 atom stereocenters. The first-order chi connectivity index (χ1) is 12.7. The fourth-order valence-electron chi connectivity index (χ4n) is 2.23. The molecule has 3 rings (SSSR count). The van der Waals surface area contributed by atoms with Crippen molar-refractivity contribution in [1.29, 1.82) is 0 Å². The summed E-state index contributed by atoms with van der Waals surface area (Å²) in [5.74, 6) is 1.10. The molecule has 0 spiro atoms. The third-order valence-corrected chi connectivity index (χ3v) is 3.44. The van der Waals surface area contributed by atoms with Gasteiger partial charge in [0.2, 0.25) is 5.95 Å². The molecular weight excluding hydrogens is 340 g/mol. The molecule has 0 unspecified atom stereocenters. The Hall–Kier alpha value is -3.60. The van der Waals surface area contributed by atoms with Gasteiger partial charge in [-0.15, -0.1) is 0 Å². The zero-order valence-corrected chi connectivity index (χ0v) is 13.7. The second-order valence-electron chi connectivity index (χ2n) is 5.32. The Morgan fingerprint density at radius 2 is 1.96 bits per heavy atom. The highest BCUT2D eigenvalue weighted by Crippen LogP contribution is 2.22. The predicted octanol–water partition coefficient (Wildman–Crippen LogP) is 1.29. The molecule has 11 heteroatoms. The molecule has 0 saturated carbocycles. The van der Waals surface area contributed by atoms with E-state index in [0.29, 0.717) is 42.4 Å². The van der Waals surface area contributed by atoms with Gasteiger partial charge in [-0.25, -0.2) is 15.3 Å². The lowest BCUT2D eigenvalue weighted by Gasteiger charge is -2.10. The van der Waals surface area contributed by atoms with Crippen LogP contribution in [0.3, 0.4) is 0 Å². The van der Waals surface area contributed by atoms with E-state index in [-0.39, 0.29) is 5.75 Å². The van der Waals surface area contributed by atoms with Crippen molar-refractivity contribution in [2.75, 3.05) is 23.7 Å². The minimum atomic E-state index is -0.650. The van der Waals surface area contributed by atoms with Crippen molar-refractivity contribution in [1.82, 2.24) is 30.7 Å². The van der Waals surface area contributed by atoms with Crippen LogP contribution in [0.25, 0.3) is 11.2 Å². The van der Waals surface area contributed by atoms with Gasteiger partial charge in [0.15, 0.2) is 11.5 Å². The maximum atomic E-state index is 10.9. The number of carbonyl (C=O) groups excluding carboxylic acids is 1. The molecule has 2 aromatic heterocycles. The third-order valence-electron chi connectivity index (χ3n) is 3.44. The quantitative estimate of drug-likeness (QED) is 0.144. The normalized spacial score (nSPS) is 10.5. The number of phenols is 1. The molecule has 0 radical (unpaired) electrons. The number of fused-ring (bicyclic) bond motifs is 1. The number of urea groups is 1. The van der Waals surface area contributed by atoms with Crippen LogP contribution in [-0.2, 0) is 0 Å². The summed E-state index contributed by atoms with van der Waals surface area (Å²) in [7, 11) is 0. The molecule has 0 aliphatic carbocycles. The highest BCUT2D eigenvalue weighted by atomic mass is 16.5. The zero-order valence-electron chi connectivity index (χ0n) is 13.7. The Labute approximate surface area is 147 Å². The topological polar surface area (TPSA) is 160 Å². The summed E-state index contributed by atoms with van der Waals surface area (Å²) < 4.78 is 0. The SMILES string of the molecule is O=C(NO)NCCCNc1nc(Nc2ccc(O)cc2)nc2nc[nH]c12. The lowest BCUT2D eigenvalue weighted by molar-refractivity contribution is 0.162. The lowest BCUT2D eigenvalue weighted by Crippen LogP contribution is -2.34. The number of hydrogen-bond donors (Lipinski definition) is 7. The number of imidazole rings is 1. The van der Waals surface area contributed by atoms with Crippen LogP contribution in [0.15, 0.2) is 30.6 Å². The molecule has 2 amide bonds. The molecule has 1 aromatic carbocycles. The zero-order chi connectivity index (χ0) is 18.4. The van der Waals surface area contributed by atoms with E-state index in [9.17, 15) is 9.90 Å². The average Bonchev–Trinajstić information content (AvgIpc) is 3.11. The van der Waals surface area contributed by atoms with Gasteiger partial charge >= 0.3 is 6.03 Å². The van der Waals surface area contributed by atoms with Gasteiger partial charge in [0.05, 0.1) is 6.33 Å². The number of rotatable bonds is 7. The molecule has 0 aliphatic heterocycles.